The van der Waals surface area contributed by atoms with Gasteiger partial charge in [-0.05, 0) is 31.2 Å². The summed E-state index contributed by atoms with van der Waals surface area (Å²) in [7, 11) is 0. The second-order valence-electron chi connectivity index (χ2n) is 5.57. The van der Waals surface area contributed by atoms with Crippen molar-refractivity contribution in [3.05, 3.63) is 35.4 Å². The van der Waals surface area contributed by atoms with Crippen LogP contribution >= 0.6 is 0 Å². The van der Waals surface area contributed by atoms with Crippen LogP contribution in [0.5, 0.6) is 0 Å². The number of piperazine rings is 1. The number of carbonyl (C=O) groups excluding carboxylic acids is 3. The first-order valence-electron chi connectivity index (χ1n) is 7.68. The molecule has 1 aliphatic rings. The van der Waals surface area contributed by atoms with Crippen molar-refractivity contribution in [1.82, 2.24) is 9.80 Å². The molecule has 0 unspecified atom stereocenters. The minimum atomic E-state index is -0.906. The Morgan fingerprint density at radius 3 is 2.12 bits per heavy atom. The molecule has 24 heavy (non-hydrogen) atoms. The summed E-state index contributed by atoms with van der Waals surface area (Å²) in [4.78, 5) is 39.0. The largest absolute Gasteiger partial charge is 0.449 e. The van der Waals surface area contributed by atoms with Gasteiger partial charge in [0.05, 0.1) is 17.2 Å². The second kappa shape index (κ2) is 7.59. The molecule has 0 radical (unpaired) electrons. The SMILES string of the molecule is CC(=O)N1CCN(C(=O)[C@H](C)OC(=O)c2ccc(C#N)cc2)CC1. The number of benzene rings is 1. The van der Waals surface area contributed by atoms with E-state index in [2.05, 4.69) is 0 Å². The highest BCUT2D eigenvalue weighted by molar-refractivity contribution is 5.92. The normalized spacial score (nSPS) is 15.4. The van der Waals surface area contributed by atoms with E-state index >= 15 is 0 Å². The quantitative estimate of drug-likeness (QED) is 0.765. The van der Waals surface area contributed by atoms with Gasteiger partial charge in [0.15, 0.2) is 6.10 Å². The molecule has 0 N–H and O–H groups in total. The molecule has 0 bridgehead atoms. The van der Waals surface area contributed by atoms with Crippen LogP contribution in [0.2, 0.25) is 0 Å². The molecule has 0 aromatic heterocycles. The lowest BCUT2D eigenvalue weighted by Gasteiger charge is -2.35. The van der Waals surface area contributed by atoms with Gasteiger partial charge in [-0.25, -0.2) is 4.79 Å². The molecule has 2 amide bonds. The highest BCUT2D eigenvalue weighted by Gasteiger charge is 2.28. The van der Waals surface area contributed by atoms with Crippen LogP contribution in [0.4, 0.5) is 0 Å². The van der Waals surface area contributed by atoms with Crippen LogP contribution in [0, 0.1) is 11.3 Å². The summed E-state index contributed by atoms with van der Waals surface area (Å²) in [6.45, 7) is 4.85. The van der Waals surface area contributed by atoms with E-state index < -0.39 is 12.1 Å². The maximum absolute atomic E-state index is 12.3. The van der Waals surface area contributed by atoms with Gasteiger partial charge in [0, 0.05) is 33.1 Å². The summed E-state index contributed by atoms with van der Waals surface area (Å²) in [5.41, 5.74) is 0.731. The predicted molar refractivity (Wildman–Crippen MR) is 84.9 cm³/mol. The molecule has 1 saturated heterocycles. The topological polar surface area (TPSA) is 90.7 Å². The van der Waals surface area contributed by atoms with Crippen LogP contribution in [0.3, 0.4) is 0 Å². The number of rotatable bonds is 3. The molecule has 1 aromatic carbocycles. The third-order valence-corrected chi connectivity index (χ3v) is 3.92. The van der Waals surface area contributed by atoms with Gasteiger partial charge in [-0.2, -0.15) is 5.26 Å². The van der Waals surface area contributed by atoms with Crippen molar-refractivity contribution in [3.63, 3.8) is 0 Å². The van der Waals surface area contributed by atoms with Crippen molar-refractivity contribution < 1.29 is 19.1 Å². The van der Waals surface area contributed by atoms with Crippen molar-refractivity contribution in [3.8, 4) is 6.07 Å². The Hall–Kier alpha value is -2.88. The van der Waals surface area contributed by atoms with Crippen molar-refractivity contribution in [2.24, 2.45) is 0 Å². The molecule has 1 heterocycles. The summed E-state index contributed by atoms with van der Waals surface area (Å²) in [5, 5.41) is 8.74. The van der Waals surface area contributed by atoms with Crippen LogP contribution < -0.4 is 0 Å². The molecule has 1 atom stereocenters. The number of nitrogens with zero attached hydrogens (tertiary/aromatic N) is 3. The first-order valence-corrected chi connectivity index (χ1v) is 7.68. The number of carbonyl (C=O) groups is 3. The Kier molecular flexibility index (Phi) is 5.53. The lowest BCUT2D eigenvalue weighted by Crippen LogP contribution is -2.52. The van der Waals surface area contributed by atoms with Gasteiger partial charge in [-0.3, -0.25) is 9.59 Å². The second-order valence-corrected chi connectivity index (χ2v) is 5.57. The molecule has 1 fully saturated rings. The Balaban J connectivity index is 1.90. The molecule has 0 spiro atoms. The van der Waals surface area contributed by atoms with Crippen molar-refractivity contribution in [2.45, 2.75) is 20.0 Å². The summed E-state index contributed by atoms with van der Waals surface area (Å²) < 4.78 is 5.21. The van der Waals surface area contributed by atoms with E-state index in [1.807, 2.05) is 6.07 Å². The molecule has 1 aromatic rings. The molecule has 7 nitrogen and oxygen atoms in total. The van der Waals surface area contributed by atoms with Gasteiger partial charge in [0.25, 0.3) is 5.91 Å². The van der Waals surface area contributed by atoms with Crippen LogP contribution in [0.1, 0.15) is 29.8 Å². The number of nitriles is 1. The van der Waals surface area contributed by atoms with Crippen molar-refractivity contribution in [2.75, 3.05) is 26.2 Å². The number of hydrogen-bond acceptors (Lipinski definition) is 5. The van der Waals surface area contributed by atoms with Crippen LogP contribution in [0.15, 0.2) is 24.3 Å². The zero-order valence-electron chi connectivity index (χ0n) is 13.7. The zero-order valence-corrected chi connectivity index (χ0v) is 13.7. The fraction of sp³-hybridized carbons (Fsp3) is 0.412. The van der Waals surface area contributed by atoms with E-state index in [-0.39, 0.29) is 17.4 Å². The minimum Gasteiger partial charge on any atom is -0.449 e. The standard InChI is InChI=1S/C17H19N3O4/c1-12(16(22)20-9-7-19(8-10-20)13(2)21)24-17(23)15-5-3-14(11-18)4-6-15/h3-6,12H,7-10H2,1-2H3/t12-/m0/s1. The van der Waals surface area contributed by atoms with Gasteiger partial charge >= 0.3 is 5.97 Å². The lowest BCUT2D eigenvalue weighted by atomic mass is 10.1. The molecular weight excluding hydrogens is 310 g/mol. The van der Waals surface area contributed by atoms with E-state index in [1.165, 1.54) is 38.1 Å². The van der Waals surface area contributed by atoms with E-state index in [1.54, 1.807) is 9.80 Å². The molecule has 2 rings (SSSR count). The van der Waals surface area contributed by atoms with E-state index in [0.29, 0.717) is 31.7 Å². The Morgan fingerprint density at radius 1 is 1.08 bits per heavy atom. The van der Waals surface area contributed by atoms with Crippen molar-refractivity contribution >= 4 is 17.8 Å². The van der Waals surface area contributed by atoms with E-state index in [9.17, 15) is 14.4 Å². The molecule has 0 aliphatic carbocycles. The Bertz CT molecular complexity index is 670. The highest BCUT2D eigenvalue weighted by Crippen LogP contribution is 2.10. The average molecular weight is 329 g/mol. The summed E-state index contributed by atoms with van der Waals surface area (Å²) in [5.74, 6) is -0.898. The predicted octanol–water partition coefficient (Wildman–Crippen LogP) is 0.794. The number of amides is 2. The summed E-state index contributed by atoms with van der Waals surface area (Å²) in [6.07, 6.45) is -0.906. The summed E-state index contributed by atoms with van der Waals surface area (Å²) in [6, 6.07) is 7.98. The molecule has 0 saturated carbocycles. The van der Waals surface area contributed by atoms with Crippen molar-refractivity contribution in [1.29, 1.82) is 5.26 Å². The van der Waals surface area contributed by atoms with Gasteiger partial charge in [0.2, 0.25) is 5.91 Å². The zero-order chi connectivity index (χ0) is 17.7. The smallest absolute Gasteiger partial charge is 0.338 e. The number of hydrogen-bond donors (Lipinski definition) is 0. The Morgan fingerprint density at radius 2 is 1.62 bits per heavy atom. The first-order chi connectivity index (χ1) is 11.4. The van der Waals surface area contributed by atoms with Crippen LogP contribution in [0.25, 0.3) is 0 Å². The Labute approximate surface area is 140 Å². The lowest BCUT2D eigenvalue weighted by molar-refractivity contribution is -0.144. The van der Waals surface area contributed by atoms with Gasteiger partial charge in [0.1, 0.15) is 0 Å². The van der Waals surface area contributed by atoms with E-state index in [4.69, 9.17) is 10.00 Å². The van der Waals surface area contributed by atoms with Crippen LogP contribution in [-0.2, 0) is 14.3 Å². The summed E-state index contributed by atoms with van der Waals surface area (Å²) >= 11 is 0. The number of ether oxygens (including phenoxy) is 1. The average Bonchev–Trinajstić information content (AvgIpc) is 2.61. The van der Waals surface area contributed by atoms with Gasteiger partial charge < -0.3 is 14.5 Å². The maximum atomic E-state index is 12.3. The third-order valence-electron chi connectivity index (χ3n) is 3.92. The molecular formula is C17H19N3O4. The van der Waals surface area contributed by atoms with E-state index in [0.717, 1.165) is 0 Å². The van der Waals surface area contributed by atoms with Gasteiger partial charge in [-0.15, -0.1) is 0 Å². The third kappa shape index (κ3) is 4.10. The van der Waals surface area contributed by atoms with Crippen LogP contribution in [-0.4, -0.2) is 59.9 Å². The maximum Gasteiger partial charge on any atom is 0.338 e. The molecule has 7 heteroatoms. The fourth-order valence-corrected chi connectivity index (χ4v) is 2.46. The monoisotopic (exact) mass is 329 g/mol. The van der Waals surface area contributed by atoms with Gasteiger partial charge in [-0.1, -0.05) is 0 Å². The number of esters is 1. The fourth-order valence-electron chi connectivity index (χ4n) is 2.46. The first kappa shape index (κ1) is 17.5. The minimum absolute atomic E-state index is 0.0117. The highest BCUT2D eigenvalue weighted by atomic mass is 16.5. The molecule has 126 valence electrons. The molecule has 1 aliphatic heterocycles.